The van der Waals surface area contributed by atoms with Crippen molar-refractivity contribution in [2.45, 2.75) is 126 Å². The van der Waals surface area contributed by atoms with Crippen molar-refractivity contribution in [1.82, 2.24) is 0 Å². The summed E-state index contributed by atoms with van der Waals surface area (Å²) in [6, 6.07) is 49.6. The number of nitrogens with zero attached hydrogens (tertiary/aromatic N) is 1. The minimum atomic E-state index is -0.187. The van der Waals surface area contributed by atoms with Crippen LogP contribution in [0.5, 0.6) is 0 Å². The van der Waals surface area contributed by atoms with Gasteiger partial charge >= 0.3 is 0 Å². The van der Waals surface area contributed by atoms with Gasteiger partial charge < -0.3 is 4.90 Å². The highest BCUT2D eigenvalue weighted by Crippen LogP contribution is 2.69. The molecule has 0 N–H and O–H groups in total. The molecule has 0 aliphatic heterocycles. The van der Waals surface area contributed by atoms with Crippen molar-refractivity contribution in [2.75, 3.05) is 4.90 Å². The Balaban J connectivity index is 0.000000270. The van der Waals surface area contributed by atoms with E-state index >= 15 is 0 Å². The fraction of sp³-hybridized carbons (Fsp3) is 0.292. The lowest BCUT2D eigenvalue weighted by molar-refractivity contribution is 0.600. The Labute approximate surface area is 395 Å². The first-order chi connectivity index (χ1) is 31.2. The minimum Gasteiger partial charge on any atom is -0.310 e. The van der Waals surface area contributed by atoms with Crippen molar-refractivity contribution in [3.05, 3.63) is 217 Å². The molecule has 0 radical (unpaired) electrons. The number of hydrogen-bond acceptors (Lipinski definition) is 1. The Morgan fingerprint density at radius 2 is 0.606 bits per heavy atom. The smallest absolute Gasteiger partial charge is 0.0490 e. The topological polar surface area (TPSA) is 3.24 Å². The summed E-state index contributed by atoms with van der Waals surface area (Å²) in [6.07, 6.45) is 0. The molecule has 0 bridgehead atoms. The van der Waals surface area contributed by atoms with Crippen molar-refractivity contribution in [3.63, 3.8) is 0 Å². The van der Waals surface area contributed by atoms with Crippen LogP contribution in [0.2, 0.25) is 0 Å². The summed E-state index contributed by atoms with van der Waals surface area (Å²) in [5.41, 5.74) is 30.6. The van der Waals surface area contributed by atoms with E-state index in [2.05, 4.69) is 242 Å². The number of aryl methyl sites for hydroxylation is 7. The SMILES string of the molecule is Cc1cc2c3c(c1)C(C)(C)c1ccc4c5c6c(c(c-3c15)C2(C)C)C(C)(C)c1cc(N(c2ccccc2C)c2ccccc2C)cc(c1-6)C4(C)C.Cc1ccccc1C.Cc1ccccc1C. The van der Waals surface area contributed by atoms with Crippen molar-refractivity contribution < 1.29 is 0 Å². The number of benzene rings is 8. The van der Waals surface area contributed by atoms with Gasteiger partial charge in [-0.2, -0.15) is 0 Å². The second-order valence-electron chi connectivity index (χ2n) is 22.1. The van der Waals surface area contributed by atoms with Gasteiger partial charge in [0.05, 0.1) is 0 Å². The standard InChI is InChI=1S/C49H47N.2C8H10/c1-26-22-32-38-33(23-26)48(8,9)44-42(38)40-30(46(32,4)5)20-21-31-41(40)43-39-34(47(31,6)7)24-29(25-35(39)49(10,11)45(43)44)50(36-18-14-12-16-27(36)2)37-19-15-13-17-28(37)3;2*1-7-5-3-4-6-8(7)2/h12-25H,1-11H3;2*3-6H,1-2H3. The van der Waals surface area contributed by atoms with Crippen LogP contribution in [0.4, 0.5) is 17.1 Å². The third kappa shape index (κ3) is 6.11. The van der Waals surface area contributed by atoms with Crippen LogP contribution in [-0.2, 0) is 21.7 Å². The van der Waals surface area contributed by atoms with E-state index in [9.17, 15) is 0 Å². The monoisotopic (exact) mass is 862 g/mol. The third-order valence-corrected chi connectivity index (χ3v) is 16.5. The molecule has 8 aromatic carbocycles. The van der Waals surface area contributed by atoms with Crippen LogP contribution in [0.3, 0.4) is 0 Å². The third-order valence-electron chi connectivity index (χ3n) is 16.5. The predicted molar refractivity (Wildman–Crippen MR) is 284 cm³/mol. The van der Waals surface area contributed by atoms with Gasteiger partial charge in [0, 0.05) is 38.7 Å². The normalized spacial score (nSPS) is 16.0. The van der Waals surface area contributed by atoms with Gasteiger partial charge in [0.2, 0.25) is 0 Å². The van der Waals surface area contributed by atoms with Crippen molar-refractivity contribution >= 4 is 27.8 Å². The van der Waals surface area contributed by atoms with Gasteiger partial charge in [-0.1, -0.05) is 170 Å². The highest BCUT2D eigenvalue weighted by Gasteiger charge is 2.54. The van der Waals surface area contributed by atoms with Crippen LogP contribution in [-0.4, -0.2) is 0 Å². The van der Waals surface area contributed by atoms with E-state index in [-0.39, 0.29) is 21.7 Å². The van der Waals surface area contributed by atoms with Crippen LogP contribution in [0.15, 0.2) is 133 Å². The first-order valence-corrected chi connectivity index (χ1v) is 24.2. The van der Waals surface area contributed by atoms with E-state index in [1.54, 1.807) is 11.1 Å². The maximum Gasteiger partial charge on any atom is 0.0490 e. The summed E-state index contributed by atoms with van der Waals surface area (Å²) < 4.78 is 0. The quantitative estimate of drug-likeness (QED) is 0.171. The van der Waals surface area contributed by atoms with Gasteiger partial charge in [0.25, 0.3) is 0 Å². The lowest BCUT2D eigenvalue weighted by Gasteiger charge is -2.41. The number of fused-ring (bicyclic) bond motifs is 1. The summed E-state index contributed by atoms with van der Waals surface area (Å²) in [6.45, 7) is 35.2. The molecule has 0 atom stereocenters. The number of rotatable bonds is 3. The minimum absolute atomic E-state index is 0.0830. The molecule has 0 saturated heterocycles. The summed E-state index contributed by atoms with van der Waals surface area (Å²) in [4.78, 5) is 2.53. The molecule has 1 nitrogen and oxygen atoms in total. The first kappa shape index (κ1) is 43.7. The van der Waals surface area contributed by atoms with Crippen LogP contribution >= 0.6 is 0 Å². The molecule has 1 heteroatoms. The highest BCUT2D eigenvalue weighted by atomic mass is 15.1. The van der Waals surface area contributed by atoms with E-state index in [0.29, 0.717) is 0 Å². The zero-order valence-electron chi connectivity index (χ0n) is 42.1. The molecule has 4 aliphatic carbocycles. The Morgan fingerprint density at radius 3 is 0.955 bits per heavy atom. The van der Waals surface area contributed by atoms with Gasteiger partial charge in [-0.25, -0.2) is 0 Å². The molecule has 332 valence electrons. The van der Waals surface area contributed by atoms with Crippen LogP contribution < -0.4 is 4.90 Å². The highest BCUT2D eigenvalue weighted by molar-refractivity contribution is 6.19. The fourth-order valence-electron chi connectivity index (χ4n) is 12.4. The molecule has 0 fully saturated rings. The Morgan fingerprint density at radius 1 is 0.303 bits per heavy atom. The van der Waals surface area contributed by atoms with Crippen molar-refractivity contribution in [2.24, 2.45) is 0 Å². The molecule has 0 spiro atoms. The average molecular weight is 862 g/mol. The fourth-order valence-corrected chi connectivity index (χ4v) is 12.4. The van der Waals surface area contributed by atoms with Crippen LogP contribution in [0.25, 0.3) is 33.0 Å². The lowest BCUT2D eigenvalue weighted by Crippen LogP contribution is -2.28. The average Bonchev–Trinajstić information content (AvgIpc) is 3.65. The molecule has 0 aromatic heterocycles. The van der Waals surface area contributed by atoms with Crippen LogP contribution in [0.1, 0.15) is 139 Å². The van der Waals surface area contributed by atoms with E-state index in [1.165, 1.54) is 122 Å². The Kier molecular flexibility index (Phi) is 9.88. The van der Waals surface area contributed by atoms with Gasteiger partial charge in [-0.05, 0) is 184 Å². The maximum atomic E-state index is 2.56. The Bertz CT molecular complexity index is 3200. The molecule has 0 heterocycles. The van der Waals surface area contributed by atoms with Crippen molar-refractivity contribution in [1.29, 1.82) is 0 Å². The Hall–Kier alpha value is -6.18. The molecule has 12 rings (SSSR count). The molecule has 8 aromatic rings. The largest absolute Gasteiger partial charge is 0.310 e. The molecule has 0 unspecified atom stereocenters. The molecular weight excluding hydrogens is 795 g/mol. The first-order valence-electron chi connectivity index (χ1n) is 24.2. The van der Waals surface area contributed by atoms with Crippen LogP contribution in [0, 0.1) is 48.5 Å². The maximum absolute atomic E-state index is 2.56. The number of hydrogen-bond donors (Lipinski definition) is 0. The summed E-state index contributed by atoms with van der Waals surface area (Å²) in [5.74, 6) is 0. The molecular formula is C65H67N. The molecule has 0 saturated carbocycles. The summed E-state index contributed by atoms with van der Waals surface area (Å²) in [5, 5.41) is 3.04. The molecule has 0 amide bonds. The second kappa shape index (κ2) is 14.9. The zero-order chi connectivity index (χ0) is 47.0. The molecule has 4 aliphatic rings. The van der Waals surface area contributed by atoms with Gasteiger partial charge in [0.1, 0.15) is 0 Å². The van der Waals surface area contributed by atoms with E-state index < -0.39 is 0 Å². The molecule has 66 heavy (non-hydrogen) atoms. The summed E-state index contributed by atoms with van der Waals surface area (Å²) in [7, 11) is 0. The van der Waals surface area contributed by atoms with E-state index in [4.69, 9.17) is 0 Å². The number of anilines is 3. The van der Waals surface area contributed by atoms with E-state index in [1.807, 2.05) is 0 Å². The second-order valence-corrected chi connectivity index (χ2v) is 22.1. The zero-order valence-corrected chi connectivity index (χ0v) is 42.1. The lowest BCUT2D eigenvalue weighted by atomic mass is 9.62. The predicted octanol–water partition coefficient (Wildman–Crippen LogP) is 17.7. The number of para-hydroxylation sites is 2. The van der Waals surface area contributed by atoms with E-state index in [0.717, 1.165) is 0 Å². The van der Waals surface area contributed by atoms with Gasteiger partial charge in [-0.3, -0.25) is 0 Å². The van der Waals surface area contributed by atoms with Gasteiger partial charge in [-0.15, -0.1) is 0 Å². The van der Waals surface area contributed by atoms with Crippen molar-refractivity contribution in [3.8, 4) is 22.3 Å². The van der Waals surface area contributed by atoms with Gasteiger partial charge in [0.15, 0.2) is 0 Å². The summed E-state index contributed by atoms with van der Waals surface area (Å²) >= 11 is 0.